The fourth-order valence-electron chi connectivity index (χ4n) is 1.62. The van der Waals surface area contributed by atoms with Crippen LogP contribution >= 0.6 is 24.4 Å². The third kappa shape index (κ3) is 5.33. The third-order valence-corrected chi connectivity index (χ3v) is 3.82. The first-order valence-electron chi connectivity index (χ1n) is 6.49. The maximum absolute atomic E-state index is 5.13. The minimum Gasteiger partial charge on any atom is -0.497 e. The van der Waals surface area contributed by atoms with E-state index >= 15 is 0 Å². The van der Waals surface area contributed by atoms with Gasteiger partial charge in [-0.05, 0) is 54.8 Å². The Balaban J connectivity index is 1.94. The van der Waals surface area contributed by atoms with Gasteiger partial charge in [-0.2, -0.15) is 0 Å². The molecule has 0 saturated carbocycles. The quantitative estimate of drug-likeness (QED) is 0.351. The van der Waals surface area contributed by atoms with Gasteiger partial charge in [0.2, 0.25) is 0 Å². The first-order valence-corrected chi connectivity index (χ1v) is 7.81. The van der Waals surface area contributed by atoms with Gasteiger partial charge in [-0.3, -0.25) is 0 Å². The van der Waals surface area contributed by atoms with Crippen LogP contribution < -0.4 is 4.74 Å². The Morgan fingerprint density at radius 3 is 2.38 bits per heavy atom. The van der Waals surface area contributed by atoms with E-state index in [2.05, 4.69) is 24.5 Å². The van der Waals surface area contributed by atoms with Gasteiger partial charge in [0.15, 0.2) is 0 Å². The number of methoxy groups -OCH3 is 1. The summed E-state index contributed by atoms with van der Waals surface area (Å²) in [5.41, 5.74) is 2.13. The molecule has 0 aromatic heterocycles. The SMILES string of the molecule is COc1ccc(SC=CC(S)=Nc2ccc(C)cc2)cc1. The zero-order chi connectivity index (χ0) is 15.1. The molecule has 108 valence electrons. The largest absolute Gasteiger partial charge is 0.497 e. The van der Waals surface area contributed by atoms with Crippen molar-refractivity contribution in [2.45, 2.75) is 11.8 Å². The molecule has 0 amide bonds. The maximum atomic E-state index is 5.13. The summed E-state index contributed by atoms with van der Waals surface area (Å²) in [6.45, 7) is 2.06. The first-order chi connectivity index (χ1) is 10.2. The second-order valence-corrected chi connectivity index (χ2v) is 5.84. The number of nitrogens with zero attached hydrogens (tertiary/aromatic N) is 1. The van der Waals surface area contributed by atoms with Crippen molar-refractivity contribution in [3.8, 4) is 5.75 Å². The highest BCUT2D eigenvalue weighted by atomic mass is 32.2. The Kier molecular flexibility index (Phi) is 5.96. The first kappa shape index (κ1) is 15.7. The second-order valence-electron chi connectivity index (χ2n) is 4.40. The zero-order valence-corrected chi connectivity index (χ0v) is 13.7. The minimum absolute atomic E-state index is 0.680. The van der Waals surface area contributed by atoms with Crippen LogP contribution in [-0.2, 0) is 0 Å². The molecule has 0 saturated heterocycles. The number of ether oxygens (including phenoxy) is 1. The second kappa shape index (κ2) is 7.96. The van der Waals surface area contributed by atoms with Crippen molar-refractivity contribution in [3.63, 3.8) is 0 Å². The summed E-state index contributed by atoms with van der Waals surface area (Å²) in [6.07, 6.45) is 1.89. The Morgan fingerprint density at radius 1 is 1.10 bits per heavy atom. The molecule has 0 atom stereocenters. The molecular formula is C17H17NOS2. The van der Waals surface area contributed by atoms with Crippen LogP contribution in [-0.4, -0.2) is 12.2 Å². The Hall–Kier alpha value is -1.65. The molecule has 0 bridgehead atoms. The van der Waals surface area contributed by atoms with Gasteiger partial charge in [0.05, 0.1) is 17.8 Å². The molecule has 0 fully saturated rings. The lowest BCUT2D eigenvalue weighted by Gasteiger charge is -2.00. The molecule has 2 aromatic rings. The van der Waals surface area contributed by atoms with Crippen molar-refractivity contribution < 1.29 is 4.74 Å². The van der Waals surface area contributed by atoms with Crippen LogP contribution in [0.1, 0.15) is 5.56 Å². The van der Waals surface area contributed by atoms with Crippen LogP contribution in [0.2, 0.25) is 0 Å². The van der Waals surface area contributed by atoms with Gasteiger partial charge in [-0.25, -0.2) is 4.99 Å². The topological polar surface area (TPSA) is 21.6 Å². The third-order valence-electron chi connectivity index (χ3n) is 2.76. The number of hydrogen-bond donors (Lipinski definition) is 1. The molecule has 0 heterocycles. The lowest BCUT2D eigenvalue weighted by atomic mass is 10.2. The van der Waals surface area contributed by atoms with E-state index < -0.39 is 0 Å². The molecule has 0 aliphatic carbocycles. The molecule has 0 N–H and O–H groups in total. The fourth-order valence-corrected chi connectivity index (χ4v) is 2.55. The van der Waals surface area contributed by atoms with Crippen molar-refractivity contribution in [1.29, 1.82) is 0 Å². The van der Waals surface area contributed by atoms with Crippen LogP contribution in [0, 0.1) is 6.92 Å². The van der Waals surface area contributed by atoms with Crippen molar-refractivity contribution >= 4 is 35.1 Å². The average Bonchev–Trinajstić information content (AvgIpc) is 2.50. The molecule has 0 unspecified atom stereocenters. The van der Waals surface area contributed by atoms with Crippen LogP contribution in [0.4, 0.5) is 5.69 Å². The van der Waals surface area contributed by atoms with Crippen molar-refractivity contribution in [3.05, 3.63) is 65.6 Å². The molecule has 0 aliphatic rings. The van der Waals surface area contributed by atoms with E-state index in [1.165, 1.54) is 5.56 Å². The van der Waals surface area contributed by atoms with Gasteiger partial charge in [0, 0.05) is 4.90 Å². The van der Waals surface area contributed by atoms with E-state index in [9.17, 15) is 0 Å². The van der Waals surface area contributed by atoms with E-state index in [0.717, 1.165) is 16.3 Å². The smallest absolute Gasteiger partial charge is 0.118 e. The number of thiol groups is 1. The normalized spacial score (nSPS) is 11.9. The summed E-state index contributed by atoms with van der Waals surface area (Å²) >= 11 is 5.99. The Labute approximate surface area is 135 Å². The molecule has 0 radical (unpaired) electrons. The summed E-state index contributed by atoms with van der Waals surface area (Å²) in [6, 6.07) is 16.0. The van der Waals surface area contributed by atoms with Crippen LogP contribution in [0.3, 0.4) is 0 Å². The van der Waals surface area contributed by atoms with Gasteiger partial charge < -0.3 is 4.74 Å². The molecule has 4 heteroatoms. The van der Waals surface area contributed by atoms with Crippen LogP contribution in [0.25, 0.3) is 0 Å². The molecule has 0 aliphatic heterocycles. The van der Waals surface area contributed by atoms with Crippen LogP contribution in [0.5, 0.6) is 5.75 Å². The highest BCUT2D eigenvalue weighted by Crippen LogP contribution is 2.22. The predicted molar refractivity (Wildman–Crippen MR) is 95.3 cm³/mol. The Morgan fingerprint density at radius 2 is 1.76 bits per heavy atom. The molecular weight excluding hydrogens is 298 g/mol. The van der Waals surface area contributed by atoms with Gasteiger partial charge in [0.25, 0.3) is 0 Å². The number of hydrogen-bond acceptors (Lipinski definition) is 3. The van der Waals surface area contributed by atoms with Crippen molar-refractivity contribution in [2.24, 2.45) is 4.99 Å². The molecule has 2 rings (SSSR count). The van der Waals surface area contributed by atoms with Crippen LogP contribution in [0.15, 0.2) is 69.9 Å². The standard InChI is InChI=1S/C17H17NOS2/c1-13-3-5-14(6-4-13)18-17(20)11-12-21-16-9-7-15(19-2)8-10-16/h3-12H,1-2H3,(H,18,20). The average molecular weight is 315 g/mol. The number of aryl methyl sites for hydroxylation is 1. The molecule has 2 nitrogen and oxygen atoms in total. The summed E-state index contributed by atoms with van der Waals surface area (Å²) in [5.74, 6) is 0.860. The van der Waals surface area contributed by atoms with E-state index in [-0.39, 0.29) is 0 Å². The lowest BCUT2D eigenvalue weighted by Crippen LogP contribution is -1.81. The molecule has 21 heavy (non-hydrogen) atoms. The maximum Gasteiger partial charge on any atom is 0.118 e. The number of aliphatic imine (C=N–C) groups is 1. The van der Waals surface area contributed by atoms with E-state index in [1.807, 2.05) is 60.0 Å². The number of rotatable bonds is 5. The van der Waals surface area contributed by atoms with Gasteiger partial charge in [-0.1, -0.05) is 29.5 Å². The van der Waals surface area contributed by atoms with E-state index in [1.54, 1.807) is 18.9 Å². The summed E-state index contributed by atoms with van der Waals surface area (Å²) in [4.78, 5) is 5.56. The Bertz CT molecular complexity index is 631. The summed E-state index contributed by atoms with van der Waals surface area (Å²) in [5, 5.41) is 2.65. The highest BCUT2D eigenvalue weighted by Gasteiger charge is 1.94. The fraction of sp³-hybridized carbons (Fsp3) is 0.118. The van der Waals surface area contributed by atoms with Crippen molar-refractivity contribution in [1.82, 2.24) is 0 Å². The molecule has 0 spiro atoms. The number of thioether (sulfide) groups is 1. The zero-order valence-electron chi connectivity index (χ0n) is 12.0. The lowest BCUT2D eigenvalue weighted by molar-refractivity contribution is 0.414. The highest BCUT2D eigenvalue weighted by molar-refractivity contribution is 8.02. The van der Waals surface area contributed by atoms with E-state index in [0.29, 0.717) is 5.04 Å². The van der Waals surface area contributed by atoms with Gasteiger partial charge in [0.1, 0.15) is 5.75 Å². The predicted octanol–water partition coefficient (Wildman–Crippen LogP) is 5.27. The number of benzene rings is 2. The minimum atomic E-state index is 0.680. The van der Waals surface area contributed by atoms with Crippen molar-refractivity contribution in [2.75, 3.05) is 7.11 Å². The summed E-state index contributed by atoms with van der Waals surface area (Å²) in [7, 11) is 1.66. The summed E-state index contributed by atoms with van der Waals surface area (Å²) < 4.78 is 5.13. The molecule has 2 aromatic carbocycles. The van der Waals surface area contributed by atoms with Gasteiger partial charge >= 0.3 is 0 Å². The van der Waals surface area contributed by atoms with E-state index in [4.69, 9.17) is 4.74 Å². The monoisotopic (exact) mass is 315 g/mol. The van der Waals surface area contributed by atoms with Gasteiger partial charge in [-0.15, -0.1) is 12.6 Å².